The normalized spacial score (nSPS) is 15.6. The summed E-state index contributed by atoms with van der Waals surface area (Å²) in [6, 6.07) is 9.08. The SMILES string of the molecule is COC(=O)c1occc1CN1CCN(c2ccc(O)cc2)CC1. The fourth-order valence-corrected chi connectivity index (χ4v) is 2.80. The molecule has 0 amide bonds. The highest BCUT2D eigenvalue weighted by Crippen LogP contribution is 2.21. The maximum Gasteiger partial charge on any atom is 0.374 e. The van der Waals surface area contributed by atoms with Crippen LogP contribution in [0.3, 0.4) is 0 Å². The van der Waals surface area contributed by atoms with E-state index < -0.39 is 5.97 Å². The predicted octanol–water partition coefficient (Wildman–Crippen LogP) is 2.09. The number of hydrogen-bond acceptors (Lipinski definition) is 6. The topological polar surface area (TPSA) is 66.2 Å². The lowest BCUT2D eigenvalue weighted by Crippen LogP contribution is -2.46. The minimum atomic E-state index is -0.437. The lowest BCUT2D eigenvalue weighted by Gasteiger charge is -2.36. The van der Waals surface area contributed by atoms with Gasteiger partial charge in [0.1, 0.15) is 5.75 Å². The number of furan rings is 1. The Morgan fingerprint density at radius 2 is 1.87 bits per heavy atom. The van der Waals surface area contributed by atoms with Crippen molar-refractivity contribution < 1.29 is 19.1 Å². The largest absolute Gasteiger partial charge is 0.508 e. The molecule has 122 valence electrons. The van der Waals surface area contributed by atoms with Crippen molar-refractivity contribution in [3.05, 3.63) is 47.9 Å². The van der Waals surface area contributed by atoms with Crippen molar-refractivity contribution >= 4 is 11.7 Å². The van der Waals surface area contributed by atoms with E-state index in [1.807, 2.05) is 18.2 Å². The van der Waals surface area contributed by atoms with Crippen molar-refractivity contribution in [2.24, 2.45) is 0 Å². The third kappa shape index (κ3) is 3.48. The number of aromatic hydroxyl groups is 1. The molecule has 0 atom stereocenters. The zero-order chi connectivity index (χ0) is 16.2. The number of esters is 1. The van der Waals surface area contributed by atoms with E-state index >= 15 is 0 Å². The maximum absolute atomic E-state index is 11.6. The molecule has 23 heavy (non-hydrogen) atoms. The Morgan fingerprint density at radius 3 is 2.52 bits per heavy atom. The smallest absolute Gasteiger partial charge is 0.374 e. The van der Waals surface area contributed by atoms with Gasteiger partial charge < -0.3 is 19.2 Å². The number of hydrogen-bond donors (Lipinski definition) is 1. The van der Waals surface area contributed by atoms with E-state index in [9.17, 15) is 9.90 Å². The van der Waals surface area contributed by atoms with Gasteiger partial charge in [-0.2, -0.15) is 0 Å². The standard InChI is InChI=1S/C17H20N2O4/c1-22-17(21)16-13(6-11-23-16)12-18-7-9-19(10-8-18)14-2-4-15(20)5-3-14/h2-6,11,20H,7-10,12H2,1H3. The Morgan fingerprint density at radius 1 is 1.17 bits per heavy atom. The third-order valence-electron chi connectivity index (χ3n) is 4.10. The number of methoxy groups -OCH3 is 1. The van der Waals surface area contributed by atoms with Crippen LogP contribution in [0.5, 0.6) is 5.75 Å². The van der Waals surface area contributed by atoms with E-state index in [-0.39, 0.29) is 11.5 Å². The summed E-state index contributed by atoms with van der Waals surface area (Å²) in [6.07, 6.45) is 1.52. The van der Waals surface area contributed by atoms with Crippen LogP contribution in [0.25, 0.3) is 0 Å². The molecular weight excluding hydrogens is 296 g/mol. The van der Waals surface area contributed by atoms with Crippen LogP contribution in [0, 0.1) is 0 Å². The van der Waals surface area contributed by atoms with Crippen molar-refractivity contribution in [1.82, 2.24) is 4.90 Å². The van der Waals surface area contributed by atoms with Crippen LogP contribution in [0.1, 0.15) is 16.1 Å². The molecule has 2 aromatic rings. The first-order valence-corrected chi connectivity index (χ1v) is 7.58. The highest BCUT2D eigenvalue weighted by atomic mass is 16.5. The third-order valence-corrected chi connectivity index (χ3v) is 4.10. The molecular formula is C17H20N2O4. The first kappa shape index (κ1) is 15.4. The summed E-state index contributed by atoms with van der Waals surface area (Å²) >= 11 is 0. The number of carbonyl (C=O) groups is 1. The fraction of sp³-hybridized carbons (Fsp3) is 0.353. The highest BCUT2D eigenvalue weighted by Gasteiger charge is 2.21. The van der Waals surface area contributed by atoms with Gasteiger partial charge in [0.05, 0.1) is 13.4 Å². The van der Waals surface area contributed by atoms with Crippen molar-refractivity contribution in [2.45, 2.75) is 6.54 Å². The maximum atomic E-state index is 11.6. The molecule has 1 aliphatic rings. The number of rotatable bonds is 4. The van der Waals surface area contributed by atoms with Gasteiger partial charge in [-0.3, -0.25) is 4.90 Å². The molecule has 0 radical (unpaired) electrons. The van der Waals surface area contributed by atoms with Gasteiger partial charge in [-0.05, 0) is 30.3 Å². The average molecular weight is 316 g/mol. The van der Waals surface area contributed by atoms with Crippen molar-refractivity contribution in [3.8, 4) is 5.75 Å². The second-order valence-electron chi connectivity index (χ2n) is 5.55. The van der Waals surface area contributed by atoms with Gasteiger partial charge in [0.2, 0.25) is 5.76 Å². The van der Waals surface area contributed by atoms with E-state index in [2.05, 4.69) is 9.80 Å². The summed E-state index contributed by atoms with van der Waals surface area (Å²) in [5, 5.41) is 9.36. The molecule has 3 rings (SSSR count). The van der Waals surface area contributed by atoms with E-state index in [1.165, 1.54) is 13.4 Å². The average Bonchev–Trinajstić information content (AvgIpc) is 3.04. The van der Waals surface area contributed by atoms with Gasteiger partial charge in [0.15, 0.2) is 0 Å². The molecule has 6 heteroatoms. The van der Waals surface area contributed by atoms with Crippen LogP contribution in [0.15, 0.2) is 41.0 Å². The van der Waals surface area contributed by atoms with Crippen LogP contribution in [0.4, 0.5) is 5.69 Å². The second-order valence-corrected chi connectivity index (χ2v) is 5.55. The van der Waals surface area contributed by atoms with Crippen molar-refractivity contribution in [3.63, 3.8) is 0 Å². The Bertz CT molecular complexity index is 657. The summed E-state index contributed by atoms with van der Waals surface area (Å²) in [4.78, 5) is 16.2. The molecule has 1 fully saturated rings. The predicted molar refractivity (Wildman–Crippen MR) is 85.6 cm³/mol. The van der Waals surface area contributed by atoms with Crippen molar-refractivity contribution in [2.75, 3.05) is 38.2 Å². The summed E-state index contributed by atoms with van der Waals surface area (Å²) in [5.41, 5.74) is 1.97. The Balaban J connectivity index is 1.58. The molecule has 1 saturated heterocycles. The molecule has 1 N–H and O–H groups in total. The summed E-state index contributed by atoms with van der Waals surface area (Å²) in [5.74, 6) is 0.129. The van der Waals surface area contributed by atoms with Crippen LogP contribution < -0.4 is 4.90 Å². The van der Waals surface area contributed by atoms with Gasteiger partial charge in [-0.1, -0.05) is 0 Å². The molecule has 1 aromatic heterocycles. The molecule has 0 spiro atoms. The minimum absolute atomic E-state index is 0.280. The number of piperazine rings is 1. The van der Waals surface area contributed by atoms with Gasteiger partial charge in [-0.15, -0.1) is 0 Å². The number of nitrogens with zero attached hydrogens (tertiary/aromatic N) is 2. The van der Waals surface area contributed by atoms with Crippen LogP contribution >= 0.6 is 0 Å². The lowest BCUT2D eigenvalue weighted by molar-refractivity contribution is 0.0561. The van der Waals surface area contributed by atoms with Crippen molar-refractivity contribution in [1.29, 1.82) is 0 Å². The first-order valence-electron chi connectivity index (χ1n) is 7.58. The van der Waals surface area contributed by atoms with E-state index in [1.54, 1.807) is 12.1 Å². The summed E-state index contributed by atoms with van der Waals surface area (Å²) in [7, 11) is 1.35. The molecule has 6 nitrogen and oxygen atoms in total. The van der Waals surface area contributed by atoms with E-state index in [0.717, 1.165) is 37.4 Å². The van der Waals surface area contributed by atoms with Crippen LogP contribution in [0.2, 0.25) is 0 Å². The molecule has 0 bridgehead atoms. The summed E-state index contributed by atoms with van der Waals surface area (Å²) in [6.45, 7) is 4.26. The van der Waals surface area contributed by atoms with Gasteiger partial charge >= 0.3 is 5.97 Å². The Kier molecular flexibility index (Phi) is 4.52. The minimum Gasteiger partial charge on any atom is -0.508 e. The molecule has 0 unspecified atom stereocenters. The first-order chi connectivity index (χ1) is 11.2. The van der Waals surface area contributed by atoms with Crippen LogP contribution in [-0.2, 0) is 11.3 Å². The number of ether oxygens (including phenoxy) is 1. The zero-order valence-corrected chi connectivity index (χ0v) is 13.1. The zero-order valence-electron chi connectivity index (χ0n) is 13.1. The number of phenolic OH excluding ortho intramolecular Hbond substituents is 1. The van der Waals surface area contributed by atoms with E-state index in [4.69, 9.17) is 9.15 Å². The second kappa shape index (κ2) is 6.75. The van der Waals surface area contributed by atoms with Gasteiger partial charge in [0.25, 0.3) is 0 Å². The highest BCUT2D eigenvalue weighted by molar-refractivity contribution is 5.87. The monoisotopic (exact) mass is 316 g/mol. The number of phenols is 1. The quantitative estimate of drug-likeness (QED) is 0.871. The Hall–Kier alpha value is -2.47. The van der Waals surface area contributed by atoms with E-state index in [0.29, 0.717) is 6.54 Å². The molecule has 2 heterocycles. The number of carbonyl (C=O) groups excluding carboxylic acids is 1. The Labute approximate surface area is 134 Å². The van der Waals surface area contributed by atoms with Crippen LogP contribution in [-0.4, -0.2) is 49.3 Å². The molecule has 1 aliphatic heterocycles. The number of anilines is 1. The summed E-state index contributed by atoms with van der Waals surface area (Å²) < 4.78 is 9.95. The molecule has 1 aromatic carbocycles. The van der Waals surface area contributed by atoms with Gasteiger partial charge in [0, 0.05) is 44.0 Å². The van der Waals surface area contributed by atoms with Gasteiger partial charge in [-0.25, -0.2) is 4.79 Å². The lowest BCUT2D eigenvalue weighted by atomic mass is 10.2. The fourth-order valence-electron chi connectivity index (χ4n) is 2.80. The molecule has 0 saturated carbocycles. The number of benzene rings is 1. The molecule has 0 aliphatic carbocycles.